The Morgan fingerprint density at radius 3 is 3.06 bits per heavy atom. The second-order valence-corrected chi connectivity index (χ2v) is 4.53. The molecule has 90 valence electrons. The molecule has 1 N–H and O–H groups in total. The number of rotatable bonds is 2. The number of aliphatic hydroxyl groups is 1. The minimum absolute atomic E-state index is 0.315. The molecule has 0 saturated heterocycles. The van der Waals surface area contributed by atoms with E-state index < -0.39 is 0 Å². The van der Waals surface area contributed by atoms with Gasteiger partial charge in [-0.1, -0.05) is 0 Å². The summed E-state index contributed by atoms with van der Waals surface area (Å²) in [7, 11) is 0. The molecule has 0 spiro atoms. The van der Waals surface area contributed by atoms with Crippen LogP contribution in [0.1, 0.15) is 41.9 Å². The molecule has 17 heavy (non-hydrogen) atoms. The summed E-state index contributed by atoms with van der Waals surface area (Å²) in [6.45, 7) is 2.35. The van der Waals surface area contributed by atoms with Crippen molar-refractivity contribution in [3.63, 3.8) is 0 Å². The lowest BCUT2D eigenvalue weighted by atomic mass is 9.93. The maximum atomic E-state index is 9.88. The van der Waals surface area contributed by atoms with Gasteiger partial charge in [-0.3, -0.25) is 0 Å². The highest BCUT2D eigenvalue weighted by atomic mass is 16.4. The first-order valence-electron chi connectivity index (χ1n) is 5.88. The van der Waals surface area contributed by atoms with Crippen LogP contribution >= 0.6 is 0 Å². The van der Waals surface area contributed by atoms with Crippen molar-refractivity contribution in [2.75, 3.05) is 0 Å². The summed E-state index contributed by atoms with van der Waals surface area (Å²) in [6.07, 6.45) is 6.69. The van der Waals surface area contributed by atoms with Crippen LogP contribution in [-0.4, -0.2) is 19.9 Å². The lowest BCUT2D eigenvalue weighted by Gasteiger charge is -2.16. The molecule has 0 saturated carbocycles. The Labute approximate surface area is 99.1 Å². The van der Waals surface area contributed by atoms with Gasteiger partial charge >= 0.3 is 0 Å². The molecule has 3 rings (SSSR count). The number of aromatic nitrogens is 3. The Morgan fingerprint density at radius 2 is 2.35 bits per heavy atom. The van der Waals surface area contributed by atoms with Crippen LogP contribution in [0.25, 0.3) is 0 Å². The third-order valence-electron chi connectivity index (χ3n) is 3.17. The van der Waals surface area contributed by atoms with Gasteiger partial charge in [-0.05, 0) is 24.8 Å². The Balaban J connectivity index is 1.85. The number of fused-ring (bicyclic) bond motifs is 1. The molecule has 0 fully saturated rings. The van der Waals surface area contributed by atoms with Gasteiger partial charge in [0.15, 0.2) is 0 Å². The Hall–Kier alpha value is -1.62. The SMILES string of the molecule is Cc1nnc(Cn2cc3c(c2)C(O)CCC3)o1. The lowest BCUT2D eigenvalue weighted by Crippen LogP contribution is -2.05. The van der Waals surface area contributed by atoms with Crippen molar-refractivity contribution in [3.8, 4) is 0 Å². The van der Waals surface area contributed by atoms with E-state index in [-0.39, 0.29) is 6.10 Å². The molecule has 0 aliphatic heterocycles. The molecule has 1 atom stereocenters. The zero-order valence-electron chi connectivity index (χ0n) is 9.76. The van der Waals surface area contributed by atoms with Crippen molar-refractivity contribution in [2.24, 2.45) is 0 Å². The van der Waals surface area contributed by atoms with Crippen LogP contribution in [0, 0.1) is 6.92 Å². The van der Waals surface area contributed by atoms with E-state index in [2.05, 4.69) is 16.4 Å². The Morgan fingerprint density at radius 1 is 1.47 bits per heavy atom. The Kier molecular flexibility index (Phi) is 2.48. The smallest absolute Gasteiger partial charge is 0.236 e. The molecule has 2 heterocycles. The molecule has 5 heteroatoms. The van der Waals surface area contributed by atoms with Crippen LogP contribution < -0.4 is 0 Å². The van der Waals surface area contributed by atoms with Gasteiger partial charge in [0.25, 0.3) is 0 Å². The van der Waals surface area contributed by atoms with Gasteiger partial charge < -0.3 is 14.1 Å². The molecular weight excluding hydrogens is 218 g/mol. The minimum atomic E-state index is -0.315. The molecule has 1 aliphatic carbocycles. The normalized spacial score (nSPS) is 19.3. The third kappa shape index (κ3) is 1.98. The molecule has 0 amide bonds. The second kappa shape index (κ2) is 4.00. The van der Waals surface area contributed by atoms with Gasteiger partial charge in [-0.2, -0.15) is 0 Å². The highest BCUT2D eigenvalue weighted by Crippen LogP contribution is 2.30. The van der Waals surface area contributed by atoms with Crippen molar-refractivity contribution in [3.05, 3.63) is 35.3 Å². The van der Waals surface area contributed by atoms with Crippen molar-refractivity contribution < 1.29 is 9.52 Å². The molecule has 0 radical (unpaired) electrons. The first-order valence-corrected chi connectivity index (χ1v) is 5.88. The average molecular weight is 233 g/mol. The van der Waals surface area contributed by atoms with E-state index in [1.807, 2.05) is 10.8 Å². The van der Waals surface area contributed by atoms with E-state index in [1.54, 1.807) is 6.92 Å². The number of aliphatic hydroxyl groups excluding tert-OH is 1. The molecule has 5 nitrogen and oxygen atoms in total. The largest absolute Gasteiger partial charge is 0.424 e. The van der Waals surface area contributed by atoms with Crippen molar-refractivity contribution >= 4 is 0 Å². The van der Waals surface area contributed by atoms with Gasteiger partial charge in [0.2, 0.25) is 11.8 Å². The number of hydrogen-bond acceptors (Lipinski definition) is 4. The topological polar surface area (TPSA) is 64.1 Å². The summed E-state index contributed by atoms with van der Waals surface area (Å²) in [5, 5.41) is 17.6. The maximum absolute atomic E-state index is 9.88. The second-order valence-electron chi connectivity index (χ2n) is 4.53. The molecule has 0 bridgehead atoms. The lowest BCUT2D eigenvalue weighted by molar-refractivity contribution is 0.157. The zero-order valence-corrected chi connectivity index (χ0v) is 9.76. The number of nitrogens with zero attached hydrogens (tertiary/aromatic N) is 3. The summed E-state index contributed by atoms with van der Waals surface area (Å²) in [5.41, 5.74) is 2.28. The van der Waals surface area contributed by atoms with Crippen molar-refractivity contribution in [2.45, 2.75) is 38.8 Å². The molecular formula is C12H15N3O2. The summed E-state index contributed by atoms with van der Waals surface area (Å²) in [5.74, 6) is 1.18. The molecule has 2 aromatic heterocycles. The molecule has 1 aliphatic rings. The van der Waals surface area contributed by atoms with Gasteiger partial charge in [-0.15, -0.1) is 10.2 Å². The van der Waals surface area contributed by atoms with Crippen LogP contribution in [-0.2, 0) is 13.0 Å². The van der Waals surface area contributed by atoms with Gasteiger partial charge in [-0.25, -0.2) is 0 Å². The standard InChI is InChI=1S/C12H15N3O2/c1-8-13-14-12(17-8)7-15-5-9-3-2-4-11(16)10(9)6-15/h5-6,11,16H,2-4,7H2,1H3. The minimum Gasteiger partial charge on any atom is -0.424 e. The maximum Gasteiger partial charge on any atom is 0.236 e. The van der Waals surface area contributed by atoms with Crippen LogP contribution in [0.15, 0.2) is 16.8 Å². The monoisotopic (exact) mass is 233 g/mol. The summed E-state index contributed by atoms with van der Waals surface area (Å²) < 4.78 is 7.35. The van der Waals surface area contributed by atoms with E-state index in [0.717, 1.165) is 24.8 Å². The first kappa shape index (κ1) is 10.5. The molecule has 1 unspecified atom stereocenters. The fraction of sp³-hybridized carbons (Fsp3) is 0.500. The predicted molar refractivity (Wildman–Crippen MR) is 60.5 cm³/mol. The molecule has 2 aromatic rings. The summed E-state index contributed by atoms with van der Waals surface area (Å²) in [6, 6.07) is 0. The fourth-order valence-electron chi connectivity index (χ4n) is 2.37. The van der Waals surface area contributed by atoms with Crippen LogP contribution in [0.5, 0.6) is 0 Å². The van der Waals surface area contributed by atoms with E-state index >= 15 is 0 Å². The van der Waals surface area contributed by atoms with Gasteiger partial charge in [0.05, 0.1) is 6.10 Å². The Bertz CT molecular complexity index is 530. The van der Waals surface area contributed by atoms with E-state index in [9.17, 15) is 5.11 Å². The van der Waals surface area contributed by atoms with E-state index in [4.69, 9.17) is 4.42 Å². The first-order chi connectivity index (χ1) is 8.22. The number of aryl methyl sites for hydroxylation is 2. The van der Waals surface area contributed by atoms with Crippen molar-refractivity contribution in [1.29, 1.82) is 0 Å². The van der Waals surface area contributed by atoms with E-state index in [1.165, 1.54) is 5.56 Å². The van der Waals surface area contributed by atoms with Gasteiger partial charge in [0, 0.05) is 24.9 Å². The fourth-order valence-corrected chi connectivity index (χ4v) is 2.37. The quantitative estimate of drug-likeness (QED) is 0.855. The highest BCUT2D eigenvalue weighted by molar-refractivity contribution is 5.29. The molecule has 0 aromatic carbocycles. The summed E-state index contributed by atoms with van der Waals surface area (Å²) >= 11 is 0. The van der Waals surface area contributed by atoms with E-state index in [0.29, 0.717) is 18.3 Å². The summed E-state index contributed by atoms with van der Waals surface area (Å²) in [4.78, 5) is 0. The van der Waals surface area contributed by atoms with Gasteiger partial charge in [0.1, 0.15) is 6.54 Å². The average Bonchev–Trinajstić information content (AvgIpc) is 2.86. The predicted octanol–water partition coefficient (Wildman–Crippen LogP) is 1.60. The van der Waals surface area contributed by atoms with Crippen LogP contribution in [0.2, 0.25) is 0 Å². The zero-order chi connectivity index (χ0) is 11.8. The van der Waals surface area contributed by atoms with Crippen LogP contribution in [0.4, 0.5) is 0 Å². The third-order valence-corrected chi connectivity index (χ3v) is 3.17. The number of hydrogen-bond donors (Lipinski definition) is 1. The van der Waals surface area contributed by atoms with Crippen molar-refractivity contribution in [1.82, 2.24) is 14.8 Å². The van der Waals surface area contributed by atoms with Crippen LogP contribution in [0.3, 0.4) is 0 Å². The highest BCUT2D eigenvalue weighted by Gasteiger charge is 2.20.